The summed E-state index contributed by atoms with van der Waals surface area (Å²) in [4.78, 5) is 3.67. The van der Waals surface area contributed by atoms with E-state index >= 15 is 0 Å². The summed E-state index contributed by atoms with van der Waals surface area (Å²) in [5.41, 5.74) is 8.72. The molecule has 5 aromatic rings. The van der Waals surface area contributed by atoms with Crippen molar-refractivity contribution in [1.29, 1.82) is 0 Å². The summed E-state index contributed by atoms with van der Waals surface area (Å²) in [7, 11) is 6.73. The van der Waals surface area contributed by atoms with Crippen LogP contribution < -0.4 is 0 Å². The molecule has 3 heteroatoms. The molecule has 0 unspecified atom stereocenters. The number of hydrogen-bond acceptors (Lipinski definition) is 0. The van der Waals surface area contributed by atoms with E-state index in [1.165, 1.54) is 16.3 Å². The lowest BCUT2D eigenvalue weighted by Crippen LogP contribution is -2.12. The van der Waals surface area contributed by atoms with Crippen LogP contribution in [0.3, 0.4) is 0 Å². The van der Waals surface area contributed by atoms with Crippen LogP contribution in [0.25, 0.3) is 33.8 Å². The van der Waals surface area contributed by atoms with Crippen LogP contribution in [0.1, 0.15) is 22.4 Å². The van der Waals surface area contributed by atoms with Crippen LogP contribution in [0.4, 0.5) is 0 Å². The van der Waals surface area contributed by atoms with E-state index in [1.54, 1.807) is 0 Å². The van der Waals surface area contributed by atoms with Crippen molar-refractivity contribution in [2.24, 2.45) is 0 Å². The molecule has 0 amide bonds. The van der Waals surface area contributed by atoms with Gasteiger partial charge in [-0.1, -0.05) is 84.9 Å². The van der Waals surface area contributed by atoms with Gasteiger partial charge in [0.1, 0.15) is 0 Å². The van der Waals surface area contributed by atoms with E-state index in [2.05, 4.69) is 96.0 Å². The van der Waals surface area contributed by atoms with Crippen molar-refractivity contribution < 1.29 is 4.49 Å². The molecular formula is C29H20BN2+. The van der Waals surface area contributed by atoms with Gasteiger partial charge in [-0.2, -0.15) is 0 Å². The first-order chi connectivity index (χ1) is 15.8. The fourth-order valence-corrected chi connectivity index (χ4v) is 4.62. The predicted molar refractivity (Wildman–Crippen MR) is 134 cm³/mol. The van der Waals surface area contributed by atoms with Crippen LogP contribution in [0.15, 0.2) is 109 Å². The molecule has 0 saturated heterocycles. The van der Waals surface area contributed by atoms with Crippen molar-refractivity contribution in [3.63, 3.8) is 0 Å². The lowest BCUT2D eigenvalue weighted by atomic mass is 9.99. The average molecular weight is 407 g/mol. The van der Waals surface area contributed by atoms with Gasteiger partial charge >= 0.3 is 7.98 Å². The Morgan fingerprint density at radius 2 is 1.16 bits per heavy atom. The standard InChI is InChI=1S/C29H20BN2/c30-32-27(23-16-8-10-18-25(23)29(32)21-13-5-2-6-14-21)19-26-22-15-7-9-17-24(22)28(31-26)20-11-3-1-4-12-20/h1-19,31H/q+1. The summed E-state index contributed by atoms with van der Waals surface area (Å²) in [6, 6.07) is 37.7. The first-order valence-corrected chi connectivity index (χ1v) is 10.8. The number of fused-ring (bicyclic) bond motifs is 2. The second kappa shape index (κ2) is 7.54. The maximum Gasteiger partial charge on any atom is 0.587 e. The third-order valence-electron chi connectivity index (χ3n) is 6.10. The monoisotopic (exact) mass is 407 g/mol. The number of nitrogens with zero attached hydrogens (tertiary/aromatic N) is 1. The van der Waals surface area contributed by atoms with Gasteiger partial charge in [0.25, 0.3) is 0 Å². The molecule has 148 valence electrons. The normalized spacial score (nSPS) is 14.3. The van der Waals surface area contributed by atoms with Crippen molar-refractivity contribution >= 4 is 36.2 Å². The molecule has 1 N–H and O–H groups in total. The first-order valence-electron chi connectivity index (χ1n) is 10.8. The van der Waals surface area contributed by atoms with E-state index < -0.39 is 0 Å². The zero-order valence-electron chi connectivity index (χ0n) is 17.5. The van der Waals surface area contributed by atoms with Crippen molar-refractivity contribution in [3.8, 4) is 11.3 Å². The van der Waals surface area contributed by atoms with Gasteiger partial charge in [-0.05, 0) is 29.8 Å². The fraction of sp³-hybridized carbons (Fsp3) is 0. The third-order valence-corrected chi connectivity index (χ3v) is 6.10. The number of hydrogen-bond donors (Lipinski definition) is 1. The van der Waals surface area contributed by atoms with E-state index in [1.807, 2.05) is 28.8 Å². The minimum atomic E-state index is 0.978. The molecule has 4 aromatic carbocycles. The lowest BCUT2D eigenvalue weighted by Gasteiger charge is -2.00. The minimum Gasteiger partial charge on any atom is -0.354 e. The first kappa shape index (κ1) is 18.6. The number of benzene rings is 4. The summed E-state index contributed by atoms with van der Waals surface area (Å²) in [5.74, 6) is 0. The van der Waals surface area contributed by atoms with Gasteiger partial charge in [-0.25, -0.2) is 0 Å². The molecule has 2 nitrogen and oxygen atoms in total. The summed E-state index contributed by atoms with van der Waals surface area (Å²) >= 11 is 0. The topological polar surface area (TPSA) is 18.8 Å². The van der Waals surface area contributed by atoms with E-state index in [9.17, 15) is 0 Å². The number of aromatic amines is 1. The molecule has 2 radical (unpaired) electrons. The van der Waals surface area contributed by atoms with E-state index in [4.69, 9.17) is 7.98 Å². The molecule has 0 aliphatic carbocycles. The molecule has 0 spiro atoms. The molecule has 6 rings (SSSR count). The second-order valence-corrected chi connectivity index (χ2v) is 7.99. The van der Waals surface area contributed by atoms with Crippen molar-refractivity contribution in [3.05, 3.63) is 132 Å². The zero-order chi connectivity index (χ0) is 21.5. The Labute approximate surface area is 188 Å². The Morgan fingerprint density at radius 3 is 1.88 bits per heavy atom. The van der Waals surface area contributed by atoms with E-state index in [0.717, 1.165) is 39.5 Å². The number of H-pyrrole nitrogens is 1. The summed E-state index contributed by atoms with van der Waals surface area (Å²) < 4.78 is 1.82. The summed E-state index contributed by atoms with van der Waals surface area (Å²) in [5, 5.41) is 2.38. The van der Waals surface area contributed by atoms with Crippen LogP contribution >= 0.6 is 0 Å². The smallest absolute Gasteiger partial charge is 0.354 e. The van der Waals surface area contributed by atoms with Crippen LogP contribution in [0.2, 0.25) is 0 Å². The van der Waals surface area contributed by atoms with Gasteiger partial charge in [0.05, 0.1) is 22.5 Å². The Bertz CT molecular complexity index is 1510. The molecule has 1 aliphatic heterocycles. The second-order valence-electron chi connectivity index (χ2n) is 7.99. The highest BCUT2D eigenvalue weighted by atomic mass is 15.0. The van der Waals surface area contributed by atoms with Crippen molar-refractivity contribution in [1.82, 2.24) is 4.98 Å². The molecule has 0 atom stereocenters. The summed E-state index contributed by atoms with van der Waals surface area (Å²) in [6.07, 6.45) is 2.17. The highest BCUT2D eigenvalue weighted by Crippen LogP contribution is 2.35. The van der Waals surface area contributed by atoms with Crippen molar-refractivity contribution in [2.75, 3.05) is 0 Å². The van der Waals surface area contributed by atoms with Gasteiger partial charge < -0.3 is 4.98 Å². The molecule has 1 aromatic heterocycles. The van der Waals surface area contributed by atoms with Crippen LogP contribution in [0, 0.1) is 0 Å². The maximum atomic E-state index is 6.73. The fourth-order valence-electron chi connectivity index (χ4n) is 4.62. The molecule has 2 heterocycles. The maximum absolute atomic E-state index is 6.73. The van der Waals surface area contributed by atoms with E-state index in [-0.39, 0.29) is 0 Å². The van der Waals surface area contributed by atoms with Crippen LogP contribution in [-0.2, 0) is 0 Å². The average Bonchev–Trinajstić information content (AvgIpc) is 3.36. The largest absolute Gasteiger partial charge is 0.587 e. The molecule has 32 heavy (non-hydrogen) atoms. The van der Waals surface area contributed by atoms with Gasteiger partial charge in [-0.3, -0.25) is 4.49 Å². The Hall–Kier alpha value is -4.11. The number of aromatic nitrogens is 1. The lowest BCUT2D eigenvalue weighted by molar-refractivity contribution is -0.250. The van der Waals surface area contributed by atoms with Gasteiger partial charge in [-0.15, -0.1) is 0 Å². The molecule has 0 bridgehead atoms. The van der Waals surface area contributed by atoms with E-state index in [0.29, 0.717) is 0 Å². The highest BCUT2D eigenvalue weighted by Gasteiger charge is 2.32. The third kappa shape index (κ3) is 2.94. The highest BCUT2D eigenvalue weighted by molar-refractivity contribution is 6.22. The number of nitrogens with one attached hydrogen (secondary N) is 1. The minimum absolute atomic E-state index is 0.978. The Morgan fingerprint density at radius 1 is 0.594 bits per heavy atom. The van der Waals surface area contributed by atoms with Crippen LogP contribution in [-0.4, -0.2) is 23.2 Å². The number of rotatable bonds is 3. The van der Waals surface area contributed by atoms with Crippen molar-refractivity contribution in [2.45, 2.75) is 0 Å². The van der Waals surface area contributed by atoms with Gasteiger partial charge in [0, 0.05) is 22.4 Å². The predicted octanol–water partition coefficient (Wildman–Crippen LogP) is 6.28. The van der Waals surface area contributed by atoms with Gasteiger partial charge in [0.15, 0.2) is 11.4 Å². The molecule has 1 aliphatic rings. The molecule has 0 saturated carbocycles. The molecule has 0 fully saturated rings. The SMILES string of the molecule is [B][N+]1=C(c2ccccc2)c2ccccc2/C1=C/c1[nH]c(-c2ccccc2)c2ccccc12. The summed E-state index contributed by atoms with van der Waals surface area (Å²) in [6.45, 7) is 0. The van der Waals surface area contributed by atoms with Gasteiger partial charge in [0.2, 0.25) is 0 Å². The Kier molecular flexibility index (Phi) is 4.40. The Balaban J connectivity index is 1.59. The zero-order valence-corrected chi connectivity index (χ0v) is 17.5. The quantitative estimate of drug-likeness (QED) is 0.340. The van der Waals surface area contributed by atoms with Crippen LogP contribution in [0.5, 0.6) is 0 Å². The molecular weight excluding hydrogens is 387 g/mol.